The number of aliphatic hydroxyl groups is 3. The Hall–Kier alpha value is -1.47. The van der Waals surface area contributed by atoms with Gasteiger partial charge in [0.05, 0.1) is 5.56 Å². The molecule has 98 valence electrons. The highest BCUT2D eigenvalue weighted by molar-refractivity contribution is 5.89. The van der Waals surface area contributed by atoms with Crippen molar-refractivity contribution >= 4 is 5.97 Å². The number of rotatable bonds is 3. The van der Waals surface area contributed by atoms with Gasteiger partial charge in [-0.15, -0.1) is 0 Å². The van der Waals surface area contributed by atoms with E-state index in [2.05, 4.69) is 0 Å². The number of carbonyl (C=O) groups excluding carboxylic acids is 1. The summed E-state index contributed by atoms with van der Waals surface area (Å²) in [6.07, 6.45) is -5.04. The van der Waals surface area contributed by atoms with E-state index < -0.39 is 30.6 Å². The summed E-state index contributed by atoms with van der Waals surface area (Å²) in [6, 6.07) is 8.36. The Labute approximate surface area is 103 Å². The second kappa shape index (κ2) is 5.45. The molecule has 1 saturated heterocycles. The van der Waals surface area contributed by atoms with Gasteiger partial charge in [0.1, 0.15) is 24.9 Å². The number of ether oxygens (including phenoxy) is 2. The van der Waals surface area contributed by atoms with Crippen molar-refractivity contribution < 1.29 is 29.6 Å². The molecule has 0 saturated carbocycles. The summed E-state index contributed by atoms with van der Waals surface area (Å²) in [5.74, 6) is -0.553. The Morgan fingerprint density at radius 3 is 2.39 bits per heavy atom. The van der Waals surface area contributed by atoms with Gasteiger partial charge in [0.2, 0.25) is 0 Å². The number of hydrogen-bond donors (Lipinski definition) is 3. The normalized spacial score (nSPS) is 31.3. The lowest BCUT2D eigenvalue weighted by Gasteiger charge is -2.14. The minimum atomic E-state index is -1.46. The molecular weight excluding hydrogens is 240 g/mol. The fourth-order valence-corrected chi connectivity index (χ4v) is 1.68. The van der Waals surface area contributed by atoms with Crippen LogP contribution in [0.1, 0.15) is 10.4 Å². The number of aliphatic hydroxyl groups excluding tert-OH is 3. The summed E-state index contributed by atoms with van der Waals surface area (Å²) in [7, 11) is 0. The van der Waals surface area contributed by atoms with E-state index in [4.69, 9.17) is 14.6 Å². The Bertz CT molecular complexity index is 406. The summed E-state index contributed by atoms with van der Waals surface area (Å²) in [4.78, 5) is 11.6. The molecule has 0 amide bonds. The zero-order chi connectivity index (χ0) is 13.1. The van der Waals surface area contributed by atoms with Crippen LogP contribution in [0.2, 0.25) is 0 Å². The Kier molecular flexibility index (Phi) is 3.93. The Morgan fingerprint density at radius 1 is 1.17 bits per heavy atom. The molecule has 1 aliphatic heterocycles. The smallest absolute Gasteiger partial charge is 0.338 e. The molecule has 0 spiro atoms. The predicted octanol–water partition coefficient (Wildman–Crippen LogP) is -0.718. The summed E-state index contributed by atoms with van der Waals surface area (Å²) in [6.45, 7) is -0.233. The van der Waals surface area contributed by atoms with Crippen molar-refractivity contribution in [1.82, 2.24) is 0 Å². The van der Waals surface area contributed by atoms with Crippen molar-refractivity contribution in [2.45, 2.75) is 24.6 Å². The van der Waals surface area contributed by atoms with Crippen LogP contribution in [0.25, 0.3) is 0 Å². The van der Waals surface area contributed by atoms with Crippen molar-refractivity contribution in [2.24, 2.45) is 0 Å². The van der Waals surface area contributed by atoms with Gasteiger partial charge in [0.15, 0.2) is 6.29 Å². The molecule has 6 nitrogen and oxygen atoms in total. The van der Waals surface area contributed by atoms with Gasteiger partial charge >= 0.3 is 5.97 Å². The van der Waals surface area contributed by atoms with Crippen molar-refractivity contribution in [3.63, 3.8) is 0 Å². The topological polar surface area (TPSA) is 96.2 Å². The monoisotopic (exact) mass is 254 g/mol. The van der Waals surface area contributed by atoms with Crippen molar-refractivity contribution in [2.75, 3.05) is 6.61 Å². The lowest BCUT2D eigenvalue weighted by atomic mass is 10.1. The lowest BCUT2D eigenvalue weighted by Crippen LogP contribution is -2.34. The number of hydrogen-bond acceptors (Lipinski definition) is 6. The molecule has 3 N–H and O–H groups in total. The largest absolute Gasteiger partial charge is 0.459 e. The van der Waals surface area contributed by atoms with E-state index in [1.54, 1.807) is 30.3 Å². The summed E-state index contributed by atoms with van der Waals surface area (Å²) in [5.41, 5.74) is 0.381. The van der Waals surface area contributed by atoms with Gasteiger partial charge in [-0.05, 0) is 12.1 Å². The van der Waals surface area contributed by atoms with Crippen molar-refractivity contribution in [3.8, 4) is 0 Å². The molecule has 1 heterocycles. The van der Waals surface area contributed by atoms with Crippen LogP contribution in [-0.2, 0) is 9.47 Å². The first-order valence-corrected chi connectivity index (χ1v) is 5.51. The lowest BCUT2D eigenvalue weighted by molar-refractivity contribution is -0.133. The highest BCUT2D eigenvalue weighted by Gasteiger charge is 2.42. The van der Waals surface area contributed by atoms with E-state index in [0.717, 1.165) is 0 Å². The van der Waals surface area contributed by atoms with Crippen LogP contribution in [-0.4, -0.2) is 52.5 Å². The van der Waals surface area contributed by atoms with Gasteiger partial charge in [-0.1, -0.05) is 18.2 Å². The van der Waals surface area contributed by atoms with Crippen LogP contribution in [0.3, 0.4) is 0 Å². The molecule has 6 heteroatoms. The number of esters is 1. The molecule has 1 aromatic carbocycles. The van der Waals surface area contributed by atoms with Crippen molar-refractivity contribution in [1.29, 1.82) is 0 Å². The molecule has 4 atom stereocenters. The molecule has 1 aliphatic rings. The quantitative estimate of drug-likeness (QED) is 0.616. The third-order valence-electron chi connectivity index (χ3n) is 2.73. The van der Waals surface area contributed by atoms with Crippen molar-refractivity contribution in [3.05, 3.63) is 35.9 Å². The van der Waals surface area contributed by atoms with Crippen LogP contribution in [0.4, 0.5) is 0 Å². The summed E-state index contributed by atoms with van der Waals surface area (Å²) < 4.78 is 9.78. The van der Waals surface area contributed by atoms with Gasteiger partial charge in [-0.3, -0.25) is 0 Å². The molecule has 0 unspecified atom stereocenters. The summed E-state index contributed by atoms with van der Waals surface area (Å²) in [5, 5.41) is 27.9. The van der Waals surface area contributed by atoms with E-state index in [9.17, 15) is 15.0 Å². The summed E-state index contributed by atoms with van der Waals surface area (Å²) >= 11 is 0. The fourth-order valence-electron chi connectivity index (χ4n) is 1.68. The van der Waals surface area contributed by atoms with Crippen LogP contribution in [0.15, 0.2) is 30.3 Å². The first-order valence-electron chi connectivity index (χ1n) is 5.51. The van der Waals surface area contributed by atoms with Crippen LogP contribution >= 0.6 is 0 Å². The minimum Gasteiger partial charge on any atom is -0.459 e. The van der Waals surface area contributed by atoms with E-state index in [0.29, 0.717) is 5.56 Å². The molecule has 0 aromatic heterocycles. The van der Waals surface area contributed by atoms with Gasteiger partial charge in [0, 0.05) is 0 Å². The molecular formula is C12H14O6. The van der Waals surface area contributed by atoms with E-state index >= 15 is 0 Å². The second-order valence-electron chi connectivity index (χ2n) is 4.01. The third kappa shape index (κ3) is 2.68. The van der Waals surface area contributed by atoms with E-state index in [1.165, 1.54) is 0 Å². The van der Waals surface area contributed by atoms with E-state index in [1.807, 2.05) is 0 Å². The Balaban J connectivity index is 1.88. The average Bonchev–Trinajstić information content (AvgIpc) is 2.64. The standard InChI is InChI=1S/C12H14O6/c13-9-8(18-12(16)10(9)14)6-17-11(15)7-4-2-1-3-5-7/h1-5,8-10,12-14,16H,6H2/t8-,9+,10-,12+/m1/s1. The molecule has 1 fully saturated rings. The molecule has 0 radical (unpaired) electrons. The fraction of sp³-hybridized carbons (Fsp3) is 0.417. The highest BCUT2D eigenvalue weighted by Crippen LogP contribution is 2.20. The zero-order valence-corrected chi connectivity index (χ0v) is 9.47. The maximum absolute atomic E-state index is 11.6. The number of benzene rings is 1. The van der Waals surface area contributed by atoms with Gasteiger partial charge in [-0.2, -0.15) is 0 Å². The molecule has 1 aromatic rings. The zero-order valence-electron chi connectivity index (χ0n) is 9.47. The van der Waals surface area contributed by atoms with Crippen LogP contribution < -0.4 is 0 Å². The number of carbonyl (C=O) groups is 1. The van der Waals surface area contributed by atoms with Crippen LogP contribution in [0.5, 0.6) is 0 Å². The Morgan fingerprint density at radius 2 is 1.83 bits per heavy atom. The van der Waals surface area contributed by atoms with E-state index in [-0.39, 0.29) is 6.61 Å². The first kappa shape index (κ1) is 13.0. The molecule has 0 bridgehead atoms. The predicted molar refractivity (Wildman–Crippen MR) is 59.6 cm³/mol. The second-order valence-corrected chi connectivity index (χ2v) is 4.01. The molecule has 18 heavy (non-hydrogen) atoms. The minimum absolute atomic E-state index is 0.233. The maximum atomic E-state index is 11.6. The maximum Gasteiger partial charge on any atom is 0.338 e. The van der Waals surface area contributed by atoms with Crippen LogP contribution in [0, 0.1) is 0 Å². The molecule has 0 aliphatic carbocycles. The SMILES string of the molecule is O=C(OC[C@H]1O[C@H](O)[C@H](O)[C@H]1O)c1ccccc1. The molecule has 2 rings (SSSR count). The highest BCUT2D eigenvalue weighted by atomic mass is 16.7. The first-order chi connectivity index (χ1) is 8.59. The van der Waals surface area contributed by atoms with Gasteiger partial charge in [-0.25, -0.2) is 4.79 Å². The average molecular weight is 254 g/mol. The van der Waals surface area contributed by atoms with Gasteiger partial charge < -0.3 is 24.8 Å². The van der Waals surface area contributed by atoms with Gasteiger partial charge in [0.25, 0.3) is 0 Å². The third-order valence-corrected chi connectivity index (χ3v) is 2.73.